The number of hydrogen-bond donors (Lipinski definition) is 3. The minimum atomic E-state index is -0.544. The monoisotopic (exact) mass is 329 g/mol. The molecule has 0 saturated carbocycles. The largest absolute Gasteiger partial charge is 0.484 e. The number of hydrazine groups is 1. The highest BCUT2D eigenvalue weighted by molar-refractivity contribution is 5.95. The number of hydrogen-bond acceptors (Lipinski definition) is 5. The zero-order valence-electron chi connectivity index (χ0n) is 13.5. The van der Waals surface area contributed by atoms with E-state index in [9.17, 15) is 9.59 Å². The van der Waals surface area contributed by atoms with E-state index in [1.165, 1.54) is 0 Å². The number of ether oxygens (including phenoxy) is 1. The molecular formula is C17H19N3O4. The van der Waals surface area contributed by atoms with E-state index >= 15 is 0 Å². The summed E-state index contributed by atoms with van der Waals surface area (Å²) in [5.41, 5.74) is 12.0. The normalized spacial score (nSPS) is 10.1. The van der Waals surface area contributed by atoms with E-state index in [4.69, 9.17) is 14.9 Å². The summed E-state index contributed by atoms with van der Waals surface area (Å²) < 4.78 is 10.5. The Morgan fingerprint density at radius 3 is 2.42 bits per heavy atom. The summed E-state index contributed by atoms with van der Waals surface area (Å²) in [6.45, 7) is 7.17. The molecule has 0 aliphatic heterocycles. The molecule has 0 radical (unpaired) electrons. The standard InChI is InChI=1S/C17H19N3O4/c1-10-8-15(12(3)24-10)17(22)20-19-11(2)13-4-6-14(7-5-13)23-9-16(18)21/h4-8,19H,2,9H2,1,3H3,(H2,18,21)(H,20,22). The van der Waals surface area contributed by atoms with Crippen molar-refractivity contribution in [1.82, 2.24) is 10.9 Å². The van der Waals surface area contributed by atoms with Crippen LogP contribution < -0.4 is 21.3 Å². The van der Waals surface area contributed by atoms with Crippen molar-refractivity contribution >= 4 is 17.5 Å². The molecule has 1 heterocycles. The molecule has 0 bridgehead atoms. The Bertz CT molecular complexity index is 763. The van der Waals surface area contributed by atoms with Gasteiger partial charge in [-0.05, 0) is 49.7 Å². The van der Waals surface area contributed by atoms with Crippen molar-refractivity contribution < 1.29 is 18.7 Å². The molecule has 0 fully saturated rings. The van der Waals surface area contributed by atoms with Crippen LogP contribution in [0, 0.1) is 13.8 Å². The minimum absolute atomic E-state index is 0.182. The fourth-order valence-corrected chi connectivity index (χ4v) is 2.03. The van der Waals surface area contributed by atoms with E-state index in [0.29, 0.717) is 28.5 Å². The first-order valence-electron chi connectivity index (χ1n) is 7.20. The molecule has 4 N–H and O–H groups in total. The quantitative estimate of drug-likeness (QED) is 0.670. The molecule has 0 saturated heterocycles. The van der Waals surface area contributed by atoms with Crippen LogP contribution in [0.2, 0.25) is 0 Å². The van der Waals surface area contributed by atoms with Gasteiger partial charge in [-0.25, -0.2) is 0 Å². The number of nitrogens with one attached hydrogen (secondary N) is 2. The number of benzene rings is 1. The van der Waals surface area contributed by atoms with Crippen LogP contribution >= 0.6 is 0 Å². The van der Waals surface area contributed by atoms with Gasteiger partial charge in [0, 0.05) is 0 Å². The first-order chi connectivity index (χ1) is 11.4. The molecule has 2 rings (SSSR count). The molecule has 0 atom stereocenters. The summed E-state index contributed by atoms with van der Waals surface area (Å²) in [4.78, 5) is 22.7. The Balaban J connectivity index is 1.91. The Morgan fingerprint density at radius 2 is 1.88 bits per heavy atom. The first-order valence-corrected chi connectivity index (χ1v) is 7.20. The van der Waals surface area contributed by atoms with E-state index in [-0.39, 0.29) is 12.5 Å². The van der Waals surface area contributed by atoms with Gasteiger partial charge in [0.05, 0.1) is 11.3 Å². The molecule has 0 unspecified atom stereocenters. The lowest BCUT2D eigenvalue weighted by atomic mass is 10.2. The Kier molecular flexibility index (Phi) is 5.26. The molecular weight excluding hydrogens is 310 g/mol. The van der Waals surface area contributed by atoms with Crippen molar-refractivity contribution in [2.24, 2.45) is 5.73 Å². The van der Waals surface area contributed by atoms with Gasteiger partial charge in [0.1, 0.15) is 17.3 Å². The van der Waals surface area contributed by atoms with Gasteiger partial charge < -0.3 is 14.9 Å². The van der Waals surface area contributed by atoms with Crippen molar-refractivity contribution in [2.75, 3.05) is 6.61 Å². The highest BCUT2D eigenvalue weighted by Gasteiger charge is 2.13. The minimum Gasteiger partial charge on any atom is -0.484 e. The average molecular weight is 329 g/mol. The molecule has 126 valence electrons. The number of primary amides is 1. The predicted molar refractivity (Wildman–Crippen MR) is 88.9 cm³/mol. The highest BCUT2D eigenvalue weighted by atomic mass is 16.5. The number of carbonyl (C=O) groups excluding carboxylic acids is 2. The van der Waals surface area contributed by atoms with Gasteiger partial charge in [0.25, 0.3) is 11.8 Å². The lowest BCUT2D eigenvalue weighted by Gasteiger charge is -2.11. The van der Waals surface area contributed by atoms with Gasteiger partial charge in [0.2, 0.25) is 0 Å². The smallest absolute Gasteiger partial charge is 0.273 e. The Labute approximate surface area is 139 Å². The Morgan fingerprint density at radius 1 is 1.21 bits per heavy atom. The second kappa shape index (κ2) is 7.36. The molecule has 1 aromatic heterocycles. The number of furan rings is 1. The summed E-state index contributed by atoms with van der Waals surface area (Å²) in [6, 6.07) is 8.50. The average Bonchev–Trinajstić information content (AvgIpc) is 2.89. The van der Waals surface area contributed by atoms with Crippen LogP contribution in [0.3, 0.4) is 0 Å². The van der Waals surface area contributed by atoms with Gasteiger partial charge in [-0.1, -0.05) is 6.58 Å². The molecule has 0 aliphatic rings. The lowest BCUT2D eigenvalue weighted by molar-refractivity contribution is -0.119. The number of aryl methyl sites for hydroxylation is 2. The third-order valence-electron chi connectivity index (χ3n) is 3.20. The molecule has 1 aromatic carbocycles. The predicted octanol–water partition coefficient (Wildman–Crippen LogP) is 1.67. The Hall–Kier alpha value is -3.22. The third kappa shape index (κ3) is 4.39. The van der Waals surface area contributed by atoms with Crippen LogP contribution in [-0.2, 0) is 4.79 Å². The van der Waals surface area contributed by atoms with Crippen molar-refractivity contribution in [1.29, 1.82) is 0 Å². The van der Waals surface area contributed by atoms with E-state index in [2.05, 4.69) is 17.4 Å². The van der Waals surface area contributed by atoms with E-state index in [1.807, 2.05) is 0 Å². The topological polar surface area (TPSA) is 107 Å². The van der Waals surface area contributed by atoms with E-state index in [0.717, 1.165) is 5.56 Å². The second-order valence-electron chi connectivity index (χ2n) is 5.16. The number of amides is 2. The van der Waals surface area contributed by atoms with Crippen molar-refractivity contribution in [3.8, 4) is 5.75 Å². The number of carbonyl (C=O) groups is 2. The highest BCUT2D eigenvalue weighted by Crippen LogP contribution is 2.16. The number of nitrogens with two attached hydrogens (primary N) is 1. The number of rotatable bonds is 7. The van der Waals surface area contributed by atoms with Crippen molar-refractivity contribution in [3.63, 3.8) is 0 Å². The maximum Gasteiger partial charge on any atom is 0.273 e. The summed E-state index contributed by atoms with van der Waals surface area (Å²) in [5.74, 6) is 0.875. The summed E-state index contributed by atoms with van der Waals surface area (Å²) in [5, 5.41) is 0. The second-order valence-corrected chi connectivity index (χ2v) is 5.16. The SMILES string of the molecule is C=C(NNC(=O)c1cc(C)oc1C)c1ccc(OCC(N)=O)cc1. The molecule has 0 spiro atoms. The molecule has 7 heteroatoms. The fourth-order valence-electron chi connectivity index (χ4n) is 2.03. The molecule has 2 amide bonds. The lowest BCUT2D eigenvalue weighted by Crippen LogP contribution is -2.35. The maximum absolute atomic E-state index is 12.1. The van der Waals surface area contributed by atoms with Gasteiger partial charge in [-0.2, -0.15) is 0 Å². The first kappa shape index (κ1) is 17.1. The van der Waals surface area contributed by atoms with Gasteiger partial charge in [0.15, 0.2) is 6.61 Å². The van der Waals surface area contributed by atoms with E-state index in [1.54, 1.807) is 44.2 Å². The van der Waals surface area contributed by atoms with E-state index < -0.39 is 5.91 Å². The molecule has 24 heavy (non-hydrogen) atoms. The zero-order valence-corrected chi connectivity index (χ0v) is 13.5. The van der Waals surface area contributed by atoms with Crippen LogP contribution in [0.15, 0.2) is 41.3 Å². The van der Waals surface area contributed by atoms with Crippen LogP contribution in [0.1, 0.15) is 27.4 Å². The molecule has 0 aliphatic carbocycles. The van der Waals surface area contributed by atoms with Gasteiger partial charge >= 0.3 is 0 Å². The zero-order chi connectivity index (χ0) is 17.7. The van der Waals surface area contributed by atoms with Crippen LogP contribution in [-0.4, -0.2) is 18.4 Å². The fraction of sp³-hybridized carbons (Fsp3) is 0.176. The summed E-state index contributed by atoms with van der Waals surface area (Å²) in [6.07, 6.45) is 0. The van der Waals surface area contributed by atoms with Crippen LogP contribution in [0.5, 0.6) is 5.75 Å². The van der Waals surface area contributed by atoms with Crippen LogP contribution in [0.25, 0.3) is 5.70 Å². The van der Waals surface area contributed by atoms with Gasteiger partial charge in [-0.3, -0.25) is 20.4 Å². The summed E-state index contributed by atoms with van der Waals surface area (Å²) in [7, 11) is 0. The van der Waals surface area contributed by atoms with Crippen molar-refractivity contribution in [2.45, 2.75) is 13.8 Å². The maximum atomic E-state index is 12.1. The van der Waals surface area contributed by atoms with Gasteiger partial charge in [-0.15, -0.1) is 0 Å². The molecule has 7 nitrogen and oxygen atoms in total. The van der Waals surface area contributed by atoms with Crippen molar-refractivity contribution in [3.05, 3.63) is 59.6 Å². The summed E-state index contributed by atoms with van der Waals surface area (Å²) >= 11 is 0. The molecule has 2 aromatic rings. The van der Waals surface area contributed by atoms with Crippen LogP contribution in [0.4, 0.5) is 0 Å². The third-order valence-corrected chi connectivity index (χ3v) is 3.20.